The van der Waals surface area contributed by atoms with Crippen LogP contribution in [0.4, 0.5) is 4.79 Å². The molecule has 128 valence electrons. The predicted octanol–water partition coefficient (Wildman–Crippen LogP) is -0.435. The van der Waals surface area contributed by atoms with Crippen molar-refractivity contribution in [3.8, 4) is 0 Å². The van der Waals surface area contributed by atoms with Crippen molar-refractivity contribution in [2.24, 2.45) is 4.40 Å². The van der Waals surface area contributed by atoms with Crippen LogP contribution in [0.2, 0.25) is 0 Å². The molecule has 0 saturated carbocycles. The molecule has 0 radical (unpaired) electrons. The van der Waals surface area contributed by atoms with Crippen LogP contribution in [0.1, 0.15) is 20.8 Å². The highest BCUT2D eigenvalue weighted by Crippen LogP contribution is 2.44. The van der Waals surface area contributed by atoms with Gasteiger partial charge in [-0.3, -0.25) is 9.69 Å². The van der Waals surface area contributed by atoms with E-state index in [1.165, 1.54) is 13.8 Å². The Balaban J connectivity index is 2.25. The zero-order valence-corrected chi connectivity index (χ0v) is 14.1. The van der Waals surface area contributed by atoms with Crippen molar-refractivity contribution in [2.75, 3.05) is 6.61 Å². The van der Waals surface area contributed by atoms with Gasteiger partial charge in [0.25, 0.3) is 5.91 Å². The van der Waals surface area contributed by atoms with Gasteiger partial charge in [0.1, 0.15) is 4.75 Å². The number of rotatable bonds is 4. The number of amides is 2. The Labute approximate surface area is 136 Å². The molecule has 2 heterocycles. The summed E-state index contributed by atoms with van der Waals surface area (Å²) in [7, 11) is -3.97. The lowest BCUT2D eigenvalue weighted by Gasteiger charge is -2.36. The van der Waals surface area contributed by atoms with E-state index in [1.807, 2.05) is 0 Å². The van der Waals surface area contributed by atoms with Crippen LogP contribution in [-0.2, 0) is 24.2 Å². The molecule has 0 spiro atoms. The normalized spacial score (nSPS) is 28.9. The van der Waals surface area contributed by atoms with Gasteiger partial charge in [0, 0.05) is 0 Å². The summed E-state index contributed by atoms with van der Waals surface area (Å²) in [6.45, 7) is 4.26. The van der Waals surface area contributed by atoms with E-state index in [0.29, 0.717) is 12.1 Å². The van der Waals surface area contributed by atoms with Gasteiger partial charge in [-0.15, -0.1) is 0 Å². The molecule has 2 aliphatic rings. The first kappa shape index (κ1) is 17.5. The van der Waals surface area contributed by atoms with E-state index in [0.717, 1.165) is 4.90 Å². The number of sulfone groups is 1. The molecular weight excluding hydrogens is 350 g/mol. The van der Waals surface area contributed by atoms with Gasteiger partial charge in [0.15, 0.2) is 27.0 Å². The van der Waals surface area contributed by atoms with Crippen LogP contribution >= 0.6 is 12.1 Å². The SMILES string of the molecule is CCOC(=O)NS/N=C1\C(=O)N2[C@@H](C(=O)O)C(C)(C)S(=O)(=O)[C@H]12. The molecule has 2 amide bonds. The van der Waals surface area contributed by atoms with E-state index in [1.54, 1.807) is 6.92 Å². The van der Waals surface area contributed by atoms with Gasteiger partial charge in [-0.2, -0.15) is 4.40 Å². The van der Waals surface area contributed by atoms with Gasteiger partial charge in [0.2, 0.25) is 0 Å². The third-order valence-electron chi connectivity index (χ3n) is 3.69. The molecule has 0 unspecified atom stereocenters. The van der Waals surface area contributed by atoms with Crippen molar-refractivity contribution in [3.05, 3.63) is 0 Å². The summed E-state index contributed by atoms with van der Waals surface area (Å²) in [6, 6.07) is -1.48. The number of aliphatic carboxylic acids is 1. The molecule has 2 rings (SSSR count). The maximum Gasteiger partial charge on any atom is 0.418 e. The summed E-state index contributed by atoms with van der Waals surface area (Å²) in [6.07, 6.45) is -0.788. The number of hydrogen-bond acceptors (Lipinski definition) is 8. The lowest BCUT2D eigenvalue weighted by Crippen LogP contribution is -2.64. The second-order valence-electron chi connectivity index (χ2n) is 5.34. The molecule has 0 bridgehead atoms. The maximum absolute atomic E-state index is 12.5. The molecule has 0 aromatic rings. The molecule has 2 atom stereocenters. The van der Waals surface area contributed by atoms with Crippen LogP contribution < -0.4 is 4.72 Å². The lowest BCUT2D eigenvalue weighted by molar-refractivity contribution is -0.150. The van der Waals surface area contributed by atoms with Crippen molar-refractivity contribution >= 4 is 45.7 Å². The molecule has 12 heteroatoms. The minimum absolute atomic E-state index is 0.140. The minimum atomic E-state index is -3.97. The highest BCUT2D eigenvalue weighted by molar-refractivity contribution is 7.97. The Bertz CT molecular complexity index is 700. The Morgan fingerprint density at radius 1 is 1.48 bits per heavy atom. The molecule has 2 N–H and O–H groups in total. The van der Waals surface area contributed by atoms with E-state index in [4.69, 9.17) is 0 Å². The highest BCUT2D eigenvalue weighted by Gasteiger charge is 2.71. The molecule has 10 nitrogen and oxygen atoms in total. The van der Waals surface area contributed by atoms with E-state index < -0.39 is 44.0 Å². The summed E-state index contributed by atoms with van der Waals surface area (Å²) in [4.78, 5) is 35.3. The lowest BCUT2D eigenvalue weighted by atomic mass is 9.98. The largest absolute Gasteiger partial charge is 0.480 e. The summed E-state index contributed by atoms with van der Waals surface area (Å²) in [5.41, 5.74) is -0.316. The van der Waals surface area contributed by atoms with Gasteiger partial charge < -0.3 is 9.84 Å². The number of fused-ring (bicyclic) bond motifs is 1. The average molecular weight is 365 g/mol. The monoisotopic (exact) mass is 365 g/mol. The number of carboxylic acids is 1. The van der Waals surface area contributed by atoms with Crippen molar-refractivity contribution in [3.63, 3.8) is 0 Å². The van der Waals surface area contributed by atoms with E-state index in [9.17, 15) is 27.9 Å². The molecule has 2 aliphatic heterocycles. The molecule has 23 heavy (non-hydrogen) atoms. The van der Waals surface area contributed by atoms with Crippen LogP contribution in [0.15, 0.2) is 4.40 Å². The number of carbonyl (C=O) groups excluding carboxylic acids is 2. The van der Waals surface area contributed by atoms with Crippen LogP contribution in [0.25, 0.3) is 0 Å². The molecular formula is C11H15N3O7S2. The summed E-state index contributed by atoms with van der Waals surface area (Å²) in [5, 5.41) is 7.82. The summed E-state index contributed by atoms with van der Waals surface area (Å²) in [5.74, 6) is -2.18. The van der Waals surface area contributed by atoms with E-state index in [2.05, 4.69) is 13.9 Å². The van der Waals surface area contributed by atoms with Crippen LogP contribution in [0.5, 0.6) is 0 Å². The number of β-lactam (4-membered cyclic amide) rings is 1. The number of nitrogens with zero attached hydrogens (tertiary/aromatic N) is 2. The third-order valence-corrected chi connectivity index (χ3v) is 6.96. The first-order valence-electron chi connectivity index (χ1n) is 6.53. The highest BCUT2D eigenvalue weighted by atomic mass is 32.2. The number of nitrogens with one attached hydrogen (secondary N) is 1. The van der Waals surface area contributed by atoms with E-state index in [-0.39, 0.29) is 12.3 Å². The standard InChI is InChI=1S/C11H15N3O7S2/c1-4-21-10(18)13-22-12-5-7(15)14-6(9(16)17)11(2,3)23(19,20)8(5)14/h6,8H,4H2,1-3H3,(H,13,18)(H,16,17)/b12-5+/t6-,8+/m0/s1. The van der Waals surface area contributed by atoms with Crippen LogP contribution in [-0.4, -0.2) is 64.9 Å². The second-order valence-corrected chi connectivity index (χ2v) is 8.50. The maximum atomic E-state index is 12.5. The van der Waals surface area contributed by atoms with Crippen molar-refractivity contribution < 1.29 is 32.6 Å². The third kappa shape index (κ3) is 2.45. The van der Waals surface area contributed by atoms with Crippen LogP contribution in [0, 0.1) is 0 Å². The van der Waals surface area contributed by atoms with Gasteiger partial charge in [0.05, 0.1) is 18.7 Å². The Kier molecular flexibility index (Phi) is 4.32. The molecule has 0 aromatic carbocycles. The minimum Gasteiger partial charge on any atom is -0.480 e. The topological polar surface area (TPSA) is 142 Å². The van der Waals surface area contributed by atoms with Crippen molar-refractivity contribution in [1.82, 2.24) is 9.62 Å². The number of hydrogen-bond donors (Lipinski definition) is 2. The van der Waals surface area contributed by atoms with Gasteiger partial charge in [-0.1, -0.05) is 0 Å². The van der Waals surface area contributed by atoms with Gasteiger partial charge >= 0.3 is 12.1 Å². The predicted molar refractivity (Wildman–Crippen MR) is 80.2 cm³/mol. The fourth-order valence-corrected chi connectivity index (χ4v) is 5.09. The zero-order chi connectivity index (χ0) is 17.6. The van der Waals surface area contributed by atoms with E-state index >= 15 is 0 Å². The number of carbonyl (C=O) groups is 3. The zero-order valence-electron chi connectivity index (χ0n) is 12.5. The number of carboxylic acid groups (broad SMARTS) is 1. The van der Waals surface area contributed by atoms with Crippen molar-refractivity contribution in [2.45, 2.75) is 36.9 Å². The average Bonchev–Trinajstić information content (AvgIpc) is 2.57. The Morgan fingerprint density at radius 3 is 2.61 bits per heavy atom. The molecule has 0 aliphatic carbocycles. The summed E-state index contributed by atoms with van der Waals surface area (Å²) >= 11 is 0.452. The molecule has 0 aromatic heterocycles. The fraction of sp³-hybridized carbons (Fsp3) is 0.636. The Hall–Kier alpha value is -1.82. The van der Waals surface area contributed by atoms with Crippen LogP contribution in [0.3, 0.4) is 0 Å². The number of ether oxygens (including phenoxy) is 1. The second kappa shape index (κ2) is 5.67. The van der Waals surface area contributed by atoms with Gasteiger partial charge in [-0.05, 0) is 20.8 Å². The van der Waals surface area contributed by atoms with Gasteiger partial charge in [-0.25, -0.2) is 22.7 Å². The summed E-state index contributed by atoms with van der Waals surface area (Å²) < 4.78 is 33.8. The van der Waals surface area contributed by atoms with Crippen molar-refractivity contribution in [1.29, 1.82) is 0 Å². The Morgan fingerprint density at radius 2 is 2.09 bits per heavy atom. The molecule has 2 saturated heterocycles. The first-order chi connectivity index (χ1) is 10.6. The fourth-order valence-electron chi connectivity index (χ4n) is 2.51. The quantitative estimate of drug-likeness (QED) is 0.504. The molecule has 2 fully saturated rings. The smallest absolute Gasteiger partial charge is 0.418 e. The first-order valence-corrected chi connectivity index (χ1v) is 8.85.